The van der Waals surface area contributed by atoms with Crippen molar-refractivity contribution in [3.8, 4) is 11.8 Å². The number of aliphatic hydroxyl groups is 1. The Morgan fingerprint density at radius 1 is 1.30 bits per heavy atom. The molecule has 0 radical (unpaired) electrons. The quantitative estimate of drug-likeness (QED) is 0.746. The van der Waals surface area contributed by atoms with Gasteiger partial charge in [-0.2, -0.15) is 5.26 Å². The first-order valence-electron chi connectivity index (χ1n) is 8.84. The molecule has 6 nitrogen and oxygen atoms in total. The third-order valence-electron chi connectivity index (χ3n) is 5.50. The molecular weight excluding hydrogens is 364 g/mol. The Bertz CT molecular complexity index is 1020. The first kappa shape index (κ1) is 19.3. The van der Waals surface area contributed by atoms with E-state index in [0.29, 0.717) is 17.0 Å². The van der Waals surface area contributed by atoms with Crippen molar-refractivity contribution in [3.05, 3.63) is 35.9 Å². The maximum Gasteiger partial charge on any atom is 0.161 e. The van der Waals surface area contributed by atoms with E-state index in [0.717, 1.165) is 42.8 Å². The zero-order valence-corrected chi connectivity index (χ0v) is 16.3. The number of imidazole rings is 1. The lowest BCUT2D eigenvalue weighted by atomic mass is 9.81. The van der Waals surface area contributed by atoms with Crippen LogP contribution in [0.25, 0.3) is 16.7 Å². The van der Waals surface area contributed by atoms with Crippen LogP contribution in [0.2, 0.25) is 0 Å². The minimum Gasteiger partial charge on any atom is -0.493 e. The highest BCUT2D eigenvalue weighted by molar-refractivity contribution is 5.86. The van der Waals surface area contributed by atoms with Gasteiger partial charge < -0.3 is 14.7 Å². The van der Waals surface area contributed by atoms with Gasteiger partial charge in [0.1, 0.15) is 6.07 Å². The summed E-state index contributed by atoms with van der Waals surface area (Å²) in [7, 11) is 1.63. The second kappa shape index (κ2) is 7.26. The molecule has 1 N–H and O–H groups in total. The van der Waals surface area contributed by atoms with E-state index in [-0.39, 0.29) is 24.4 Å². The Kier molecular flexibility index (Phi) is 5.18. The maximum absolute atomic E-state index is 9.66. The Labute approximate surface area is 164 Å². The zero-order valence-electron chi connectivity index (χ0n) is 15.5. The molecule has 1 aromatic carbocycles. The molecular formula is C20H23ClN4O2. The van der Waals surface area contributed by atoms with Crippen LogP contribution < -0.4 is 9.64 Å². The number of nitriles is 1. The molecule has 4 rings (SSSR count). The summed E-state index contributed by atoms with van der Waals surface area (Å²) in [5.74, 6) is 1.60. The molecule has 1 aliphatic rings. The number of anilines is 1. The zero-order chi connectivity index (χ0) is 18.3. The van der Waals surface area contributed by atoms with E-state index in [1.807, 2.05) is 28.7 Å². The van der Waals surface area contributed by atoms with Gasteiger partial charge in [0.05, 0.1) is 23.7 Å². The van der Waals surface area contributed by atoms with E-state index < -0.39 is 0 Å². The van der Waals surface area contributed by atoms with Crippen LogP contribution in [0.3, 0.4) is 0 Å². The van der Waals surface area contributed by atoms with Gasteiger partial charge in [-0.1, -0.05) is 19.1 Å². The Balaban J connectivity index is 0.00000210. The topological polar surface area (TPSA) is 73.8 Å². The minimum absolute atomic E-state index is 0. The first-order chi connectivity index (χ1) is 12.6. The lowest BCUT2D eigenvalue weighted by Crippen LogP contribution is -2.41. The van der Waals surface area contributed by atoms with Gasteiger partial charge in [-0.05, 0) is 30.4 Å². The van der Waals surface area contributed by atoms with E-state index in [9.17, 15) is 10.4 Å². The smallest absolute Gasteiger partial charge is 0.161 e. The van der Waals surface area contributed by atoms with E-state index in [4.69, 9.17) is 4.74 Å². The van der Waals surface area contributed by atoms with Crippen molar-refractivity contribution in [2.75, 3.05) is 31.7 Å². The van der Waals surface area contributed by atoms with Crippen LogP contribution >= 0.6 is 12.4 Å². The summed E-state index contributed by atoms with van der Waals surface area (Å²) < 4.78 is 7.69. The number of aliphatic hydroxyl groups excluding tert-OH is 1. The van der Waals surface area contributed by atoms with Crippen LogP contribution in [-0.2, 0) is 0 Å². The van der Waals surface area contributed by atoms with Gasteiger partial charge in [-0.3, -0.25) is 4.40 Å². The number of ether oxygens (including phenoxy) is 1. The van der Waals surface area contributed by atoms with E-state index >= 15 is 0 Å². The van der Waals surface area contributed by atoms with Crippen molar-refractivity contribution in [2.24, 2.45) is 5.41 Å². The number of methoxy groups -OCH3 is 1. The molecule has 7 heteroatoms. The van der Waals surface area contributed by atoms with Crippen LogP contribution in [-0.4, -0.2) is 41.3 Å². The average molecular weight is 387 g/mol. The number of fused-ring (bicyclic) bond motifs is 3. The Morgan fingerprint density at radius 2 is 2.00 bits per heavy atom. The molecule has 27 heavy (non-hydrogen) atoms. The van der Waals surface area contributed by atoms with Gasteiger partial charge in [0.2, 0.25) is 0 Å². The lowest BCUT2D eigenvalue weighted by molar-refractivity contribution is 0.114. The number of piperidine rings is 1. The fourth-order valence-electron chi connectivity index (χ4n) is 3.74. The summed E-state index contributed by atoms with van der Waals surface area (Å²) in [5.41, 5.74) is 2.94. The van der Waals surface area contributed by atoms with Gasteiger partial charge in [0.15, 0.2) is 17.2 Å². The first-order valence-corrected chi connectivity index (χ1v) is 8.84. The van der Waals surface area contributed by atoms with Gasteiger partial charge in [0.25, 0.3) is 0 Å². The van der Waals surface area contributed by atoms with Gasteiger partial charge in [-0.15, -0.1) is 12.4 Å². The van der Waals surface area contributed by atoms with Gasteiger partial charge in [0, 0.05) is 25.8 Å². The summed E-state index contributed by atoms with van der Waals surface area (Å²) in [6.45, 7) is 3.97. The third-order valence-corrected chi connectivity index (χ3v) is 5.50. The molecule has 0 aliphatic carbocycles. The standard InChI is InChI=1S/C20H22N4O2.ClH/c1-20(13-25)7-9-23(10-8-20)19-17(26-2)11-14(12-21)18-22-15-5-3-4-6-16(15)24(18)19;/h3-6,11,25H,7-10,13H2,1-2H3;1H. The van der Waals surface area contributed by atoms with Crippen LogP contribution in [0, 0.1) is 16.7 Å². The molecule has 142 valence electrons. The summed E-state index contributed by atoms with van der Waals surface area (Å²) >= 11 is 0. The number of pyridine rings is 1. The van der Waals surface area contributed by atoms with Crippen LogP contribution in [0.4, 0.5) is 5.82 Å². The van der Waals surface area contributed by atoms with Crippen molar-refractivity contribution in [3.63, 3.8) is 0 Å². The van der Waals surface area contributed by atoms with Gasteiger partial charge >= 0.3 is 0 Å². The highest BCUT2D eigenvalue weighted by Gasteiger charge is 2.32. The number of hydrogen-bond donors (Lipinski definition) is 1. The lowest BCUT2D eigenvalue weighted by Gasteiger charge is -2.39. The van der Waals surface area contributed by atoms with Gasteiger partial charge in [-0.25, -0.2) is 4.98 Å². The summed E-state index contributed by atoms with van der Waals surface area (Å²) in [6, 6.07) is 11.9. The minimum atomic E-state index is -0.0353. The highest BCUT2D eigenvalue weighted by atomic mass is 35.5. The summed E-state index contributed by atoms with van der Waals surface area (Å²) in [5, 5.41) is 19.2. The van der Waals surface area contributed by atoms with E-state index in [2.05, 4.69) is 22.9 Å². The average Bonchev–Trinajstić information content (AvgIpc) is 3.07. The maximum atomic E-state index is 9.66. The summed E-state index contributed by atoms with van der Waals surface area (Å²) in [6.07, 6.45) is 1.81. The summed E-state index contributed by atoms with van der Waals surface area (Å²) in [4.78, 5) is 6.96. The second-order valence-electron chi connectivity index (χ2n) is 7.28. The Hall–Kier alpha value is -2.49. The molecule has 3 aromatic rings. The number of rotatable bonds is 3. The molecule has 0 atom stereocenters. The molecule has 1 aliphatic heterocycles. The number of benzene rings is 1. The molecule has 2 aromatic heterocycles. The number of hydrogen-bond acceptors (Lipinski definition) is 5. The number of halogens is 1. The van der Waals surface area contributed by atoms with Crippen molar-refractivity contribution in [2.45, 2.75) is 19.8 Å². The van der Waals surface area contributed by atoms with Crippen molar-refractivity contribution >= 4 is 34.9 Å². The molecule has 0 unspecified atom stereocenters. The number of nitrogens with zero attached hydrogens (tertiary/aromatic N) is 4. The fraction of sp³-hybridized carbons (Fsp3) is 0.400. The molecule has 0 amide bonds. The van der Waals surface area contributed by atoms with Crippen LogP contribution in [0.15, 0.2) is 30.3 Å². The predicted molar refractivity (Wildman–Crippen MR) is 108 cm³/mol. The monoisotopic (exact) mass is 386 g/mol. The number of aromatic nitrogens is 2. The molecule has 0 bridgehead atoms. The molecule has 3 heterocycles. The van der Waals surface area contributed by atoms with Crippen molar-refractivity contribution < 1.29 is 9.84 Å². The van der Waals surface area contributed by atoms with Crippen LogP contribution in [0.1, 0.15) is 25.3 Å². The molecule has 0 saturated carbocycles. The second-order valence-corrected chi connectivity index (χ2v) is 7.28. The predicted octanol–water partition coefficient (Wildman–Crippen LogP) is 3.39. The van der Waals surface area contributed by atoms with E-state index in [1.54, 1.807) is 13.2 Å². The fourth-order valence-corrected chi connectivity index (χ4v) is 3.74. The van der Waals surface area contributed by atoms with E-state index in [1.165, 1.54) is 0 Å². The molecule has 0 spiro atoms. The molecule has 1 saturated heterocycles. The Morgan fingerprint density at radius 3 is 2.63 bits per heavy atom. The van der Waals surface area contributed by atoms with Crippen molar-refractivity contribution in [1.29, 1.82) is 5.26 Å². The normalized spacial score (nSPS) is 16.1. The highest BCUT2D eigenvalue weighted by Crippen LogP contribution is 2.39. The molecule has 1 fully saturated rings. The largest absolute Gasteiger partial charge is 0.493 e. The third kappa shape index (κ3) is 3.07. The van der Waals surface area contributed by atoms with Crippen molar-refractivity contribution in [1.82, 2.24) is 9.38 Å². The number of para-hydroxylation sites is 2. The van der Waals surface area contributed by atoms with Crippen LogP contribution in [0.5, 0.6) is 5.75 Å². The SMILES string of the molecule is COc1cc(C#N)c2nc3ccccc3n2c1N1CCC(C)(CO)CC1.Cl.